The number of benzene rings is 8. The average molecular weight is 696 g/mol. The second kappa shape index (κ2) is 12.6. The van der Waals surface area contributed by atoms with Crippen LogP contribution >= 0.6 is 0 Å². The van der Waals surface area contributed by atoms with Gasteiger partial charge in [0.05, 0.1) is 5.69 Å². The van der Waals surface area contributed by atoms with Gasteiger partial charge in [0.15, 0.2) is 5.58 Å². The molecule has 4 heteroatoms. The van der Waals surface area contributed by atoms with Gasteiger partial charge in [-0.15, -0.1) is 0 Å². The molecule has 1 aliphatic carbocycles. The van der Waals surface area contributed by atoms with E-state index >= 15 is 0 Å². The zero-order valence-corrected chi connectivity index (χ0v) is 30.1. The van der Waals surface area contributed by atoms with Gasteiger partial charge >= 0.3 is 0 Å². The van der Waals surface area contributed by atoms with Gasteiger partial charge in [-0.05, 0) is 101 Å². The maximum Gasteiger partial charge on any atom is 0.227 e. The number of hydrogen-bond donors (Lipinski definition) is 0. The first kappa shape index (κ1) is 31.8. The van der Waals surface area contributed by atoms with Crippen LogP contribution < -0.4 is 9.80 Å². The Labute approximate surface area is 315 Å². The predicted molar refractivity (Wildman–Crippen MR) is 224 cm³/mol. The number of aromatic nitrogens is 1. The molecule has 0 radical (unpaired) electrons. The Morgan fingerprint density at radius 2 is 1.02 bits per heavy atom. The third kappa shape index (κ3) is 5.10. The van der Waals surface area contributed by atoms with Crippen LogP contribution in [0.3, 0.4) is 0 Å². The minimum Gasteiger partial charge on any atom is -0.435 e. The third-order valence-electron chi connectivity index (χ3n) is 10.8. The van der Waals surface area contributed by atoms with Crippen LogP contribution in [0.2, 0.25) is 0 Å². The Morgan fingerprint density at radius 3 is 1.67 bits per heavy atom. The molecule has 0 unspecified atom stereocenters. The average Bonchev–Trinajstić information content (AvgIpc) is 3.77. The van der Waals surface area contributed by atoms with E-state index in [1.165, 1.54) is 27.6 Å². The minimum absolute atomic E-state index is 0.266. The van der Waals surface area contributed by atoms with E-state index in [9.17, 15) is 0 Å². The highest BCUT2D eigenvalue weighted by atomic mass is 16.3. The van der Waals surface area contributed by atoms with Crippen molar-refractivity contribution in [2.75, 3.05) is 9.80 Å². The lowest BCUT2D eigenvalue weighted by molar-refractivity contribution is 0.623. The van der Waals surface area contributed by atoms with E-state index in [1.54, 1.807) is 0 Å². The van der Waals surface area contributed by atoms with Crippen LogP contribution in [0.25, 0.3) is 44.5 Å². The van der Waals surface area contributed by atoms with E-state index in [4.69, 9.17) is 9.40 Å². The monoisotopic (exact) mass is 695 g/mol. The summed E-state index contributed by atoms with van der Waals surface area (Å²) in [6.07, 6.45) is 0. The fraction of sp³-hybridized carbons (Fsp3) is 0.0600. The molecule has 0 atom stereocenters. The maximum absolute atomic E-state index is 6.73. The standard InChI is InChI=1S/C50H37N3O/c1-50(2)43-29-16-15-28-41(43)46-45(33-42-40(47(46)50)30-31-44-48(42)54-49(51-44)34-18-7-3-8-19-34)53(37-24-13-6-14-25-37)39-27-17-26-38(32-39)52(35-20-9-4-10-21-35)36-22-11-5-12-23-36/h3-33H,1-2H3. The summed E-state index contributed by atoms with van der Waals surface area (Å²) in [4.78, 5) is 9.73. The molecule has 54 heavy (non-hydrogen) atoms. The van der Waals surface area contributed by atoms with Crippen molar-refractivity contribution in [3.05, 3.63) is 199 Å². The van der Waals surface area contributed by atoms with Crippen molar-refractivity contribution in [3.8, 4) is 22.6 Å². The molecule has 0 fully saturated rings. The van der Waals surface area contributed by atoms with Gasteiger partial charge < -0.3 is 14.2 Å². The molecule has 4 nitrogen and oxygen atoms in total. The van der Waals surface area contributed by atoms with E-state index in [1.807, 2.05) is 30.3 Å². The third-order valence-corrected chi connectivity index (χ3v) is 10.8. The first-order valence-corrected chi connectivity index (χ1v) is 18.5. The highest BCUT2D eigenvalue weighted by Crippen LogP contribution is 2.57. The van der Waals surface area contributed by atoms with Gasteiger partial charge in [0, 0.05) is 50.4 Å². The molecule has 8 aromatic carbocycles. The van der Waals surface area contributed by atoms with E-state index in [2.05, 4.69) is 181 Å². The Morgan fingerprint density at radius 1 is 0.481 bits per heavy atom. The van der Waals surface area contributed by atoms with Crippen molar-refractivity contribution >= 4 is 56.0 Å². The Hall–Kier alpha value is -6.91. The molecule has 1 aromatic heterocycles. The number of hydrogen-bond acceptors (Lipinski definition) is 4. The van der Waals surface area contributed by atoms with E-state index in [-0.39, 0.29) is 5.41 Å². The number of rotatable bonds is 7. The molecule has 10 rings (SSSR count). The molecule has 0 amide bonds. The van der Waals surface area contributed by atoms with Crippen molar-refractivity contribution < 1.29 is 4.42 Å². The van der Waals surface area contributed by atoms with Crippen molar-refractivity contribution in [1.29, 1.82) is 0 Å². The van der Waals surface area contributed by atoms with Crippen molar-refractivity contribution in [1.82, 2.24) is 4.98 Å². The topological polar surface area (TPSA) is 32.5 Å². The molecular formula is C50H37N3O. The first-order chi connectivity index (χ1) is 26.6. The normalized spacial score (nSPS) is 12.8. The number of anilines is 6. The maximum atomic E-state index is 6.73. The lowest BCUT2D eigenvalue weighted by Gasteiger charge is -2.31. The smallest absolute Gasteiger partial charge is 0.227 e. The summed E-state index contributed by atoms with van der Waals surface area (Å²) in [5.41, 5.74) is 13.9. The minimum atomic E-state index is -0.266. The number of oxazole rings is 1. The first-order valence-electron chi connectivity index (χ1n) is 18.5. The highest BCUT2D eigenvalue weighted by Gasteiger charge is 2.40. The van der Waals surface area contributed by atoms with Crippen LogP contribution in [0.5, 0.6) is 0 Å². The number of fused-ring (bicyclic) bond motifs is 7. The number of nitrogens with zero attached hydrogens (tertiary/aromatic N) is 3. The van der Waals surface area contributed by atoms with Crippen molar-refractivity contribution in [2.24, 2.45) is 0 Å². The summed E-state index contributed by atoms with van der Waals surface area (Å²) in [5.74, 6) is 0.622. The van der Waals surface area contributed by atoms with Gasteiger partial charge in [0.1, 0.15) is 5.52 Å². The molecule has 1 aliphatic rings. The summed E-state index contributed by atoms with van der Waals surface area (Å²) in [6, 6.07) is 66.5. The van der Waals surface area contributed by atoms with Gasteiger partial charge in [0.25, 0.3) is 0 Å². The molecule has 1 heterocycles. The molecule has 0 aliphatic heterocycles. The van der Waals surface area contributed by atoms with Gasteiger partial charge in [-0.3, -0.25) is 0 Å². The number of para-hydroxylation sites is 3. The van der Waals surface area contributed by atoms with E-state index in [0.717, 1.165) is 56.2 Å². The highest BCUT2D eigenvalue weighted by molar-refractivity contribution is 6.13. The van der Waals surface area contributed by atoms with E-state index < -0.39 is 0 Å². The molecule has 0 bridgehead atoms. The predicted octanol–water partition coefficient (Wildman–Crippen LogP) is 13.9. The van der Waals surface area contributed by atoms with Crippen LogP contribution in [0.15, 0.2) is 192 Å². The van der Waals surface area contributed by atoms with Crippen LogP contribution in [0.4, 0.5) is 34.1 Å². The quantitative estimate of drug-likeness (QED) is 0.166. The van der Waals surface area contributed by atoms with Crippen molar-refractivity contribution in [3.63, 3.8) is 0 Å². The van der Waals surface area contributed by atoms with Crippen LogP contribution in [0, 0.1) is 0 Å². The van der Waals surface area contributed by atoms with Gasteiger partial charge in [0.2, 0.25) is 5.89 Å². The van der Waals surface area contributed by atoms with E-state index in [0.29, 0.717) is 5.89 Å². The zero-order chi connectivity index (χ0) is 36.2. The SMILES string of the molecule is CC1(C)c2ccccc2-c2c(N(c3ccccc3)c3cccc(N(c4ccccc4)c4ccccc4)c3)cc3c(ccc4nc(-c5ccccc5)oc43)c21. The molecule has 9 aromatic rings. The fourth-order valence-corrected chi connectivity index (χ4v) is 8.41. The zero-order valence-electron chi connectivity index (χ0n) is 30.1. The Kier molecular flexibility index (Phi) is 7.44. The van der Waals surface area contributed by atoms with Gasteiger partial charge in [-0.2, -0.15) is 0 Å². The van der Waals surface area contributed by atoms with Crippen LogP contribution in [0.1, 0.15) is 25.0 Å². The second-order valence-electron chi connectivity index (χ2n) is 14.4. The largest absolute Gasteiger partial charge is 0.435 e. The second-order valence-corrected chi connectivity index (χ2v) is 14.4. The van der Waals surface area contributed by atoms with Crippen LogP contribution in [-0.2, 0) is 5.41 Å². The Bertz CT molecular complexity index is 2750. The summed E-state index contributed by atoms with van der Waals surface area (Å²) in [5, 5.41) is 2.23. The molecule has 0 saturated carbocycles. The lowest BCUT2D eigenvalue weighted by Crippen LogP contribution is -2.17. The summed E-state index contributed by atoms with van der Waals surface area (Å²) in [6.45, 7) is 4.71. The van der Waals surface area contributed by atoms with Crippen molar-refractivity contribution in [2.45, 2.75) is 19.3 Å². The summed E-state index contributed by atoms with van der Waals surface area (Å²) >= 11 is 0. The summed E-state index contributed by atoms with van der Waals surface area (Å²) in [7, 11) is 0. The molecule has 0 N–H and O–H groups in total. The van der Waals surface area contributed by atoms with Crippen LogP contribution in [-0.4, -0.2) is 4.98 Å². The molecular weight excluding hydrogens is 659 g/mol. The van der Waals surface area contributed by atoms with Gasteiger partial charge in [-0.25, -0.2) is 4.98 Å². The lowest BCUT2D eigenvalue weighted by atomic mass is 9.80. The molecule has 258 valence electrons. The fourth-order valence-electron chi connectivity index (χ4n) is 8.41. The summed E-state index contributed by atoms with van der Waals surface area (Å²) < 4.78 is 6.73. The molecule has 0 spiro atoms. The Balaban J connectivity index is 1.27. The van der Waals surface area contributed by atoms with Gasteiger partial charge in [-0.1, -0.05) is 123 Å². The molecule has 0 saturated heterocycles.